The molecule has 4 nitrogen and oxygen atoms in total. The first kappa shape index (κ1) is 12.8. The van der Waals surface area contributed by atoms with Crippen LogP contribution >= 0.6 is 0 Å². The molecule has 98 valence electrons. The van der Waals surface area contributed by atoms with Crippen molar-refractivity contribution < 1.29 is 0 Å². The Kier molecular flexibility index (Phi) is 3.81. The van der Waals surface area contributed by atoms with Crippen LogP contribution < -0.4 is 10.6 Å². The second kappa shape index (κ2) is 5.34. The van der Waals surface area contributed by atoms with Crippen LogP contribution in [-0.4, -0.2) is 17.7 Å². The lowest BCUT2D eigenvalue weighted by Crippen LogP contribution is -2.34. The van der Waals surface area contributed by atoms with Crippen molar-refractivity contribution >= 4 is 11.5 Å². The van der Waals surface area contributed by atoms with Gasteiger partial charge < -0.3 is 15.2 Å². The summed E-state index contributed by atoms with van der Waals surface area (Å²) in [6, 6.07) is 4.05. The molecular formula is C14H22N4. The number of piperidine rings is 1. The molecule has 2 rings (SSSR count). The third kappa shape index (κ3) is 2.31. The summed E-state index contributed by atoms with van der Waals surface area (Å²) < 4.78 is 2.07. The highest BCUT2D eigenvalue weighted by molar-refractivity contribution is 5.68. The molecule has 0 spiro atoms. The molecule has 4 heteroatoms. The zero-order valence-corrected chi connectivity index (χ0v) is 11.3. The van der Waals surface area contributed by atoms with Gasteiger partial charge in [0, 0.05) is 19.6 Å². The zero-order chi connectivity index (χ0) is 13.1. The van der Waals surface area contributed by atoms with Crippen LogP contribution in [0.3, 0.4) is 0 Å². The van der Waals surface area contributed by atoms with Crippen molar-refractivity contribution in [2.24, 2.45) is 5.92 Å². The van der Waals surface area contributed by atoms with E-state index in [1.165, 1.54) is 12.8 Å². The van der Waals surface area contributed by atoms with E-state index in [0.717, 1.165) is 43.5 Å². The highest BCUT2D eigenvalue weighted by Gasteiger charge is 2.22. The minimum atomic E-state index is 0.683. The number of nitrogens with zero attached hydrogens (tertiary/aromatic N) is 3. The molecule has 0 radical (unpaired) electrons. The molecule has 1 aromatic rings. The normalized spacial score (nSPS) is 16.8. The Balaban J connectivity index is 2.31. The SMILES string of the molecule is CCCn1c(C#N)cc(N)c1N1CCC(C)CC1. The van der Waals surface area contributed by atoms with Crippen LogP contribution in [-0.2, 0) is 6.54 Å². The number of nitrogen functional groups attached to an aromatic ring is 1. The van der Waals surface area contributed by atoms with Crippen LogP contribution in [0.4, 0.5) is 11.5 Å². The van der Waals surface area contributed by atoms with Crippen molar-refractivity contribution in [3.8, 4) is 6.07 Å². The van der Waals surface area contributed by atoms with Crippen LogP contribution in [0.5, 0.6) is 0 Å². The molecule has 0 atom stereocenters. The summed E-state index contributed by atoms with van der Waals surface area (Å²) in [5, 5.41) is 9.18. The second-order valence-electron chi connectivity index (χ2n) is 5.24. The molecule has 1 aliphatic rings. The number of nitrogens with two attached hydrogens (primary N) is 1. The lowest BCUT2D eigenvalue weighted by Gasteiger charge is -2.33. The first-order valence-electron chi connectivity index (χ1n) is 6.81. The summed E-state index contributed by atoms with van der Waals surface area (Å²) in [5.41, 5.74) is 7.53. The maximum atomic E-state index is 9.18. The highest BCUT2D eigenvalue weighted by Crippen LogP contribution is 2.31. The van der Waals surface area contributed by atoms with Crippen molar-refractivity contribution in [2.75, 3.05) is 23.7 Å². The number of anilines is 2. The fourth-order valence-corrected chi connectivity index (χ4v) is 2.68. The lowest BCUT2D eigenvalue weighted by atomic mass is 9.99. The Morgan fingerprint density at radius 3 is 2.67 bits per heavy atom. The fourth-order valence-electron chi connectivity index (χ4n) is 2.68. The molecule has 2 N–H and O–H groups in total. The minimum Gasteiger partial charge on any atom is -0.396 e. The van der Waals surface area contributed by atoms with Gasteiger partial charge in [-0.2, -0.15) is 5.26 Å². The van der Waals surface area contributed by atoms with Gasteiger partial charge in [0.1, 0.15) is 17.6 Å². The quantitative estimate of drug-likeness (QED) is 0.891. The van der Waals surface area contributed by atoms with E-state index in [0.29, 0.717) is 5.69 Å². The molecule has 0 amide bonds. The molecule has 1 aromatic heterocycles. The van der Waals surface area contributed by atoms with Crippen molar-refractivity contribution in [2.45, 2.75) is 39.7 Å². The number of nitriles is 1. The van der Waals surface area contributed by atoms with E-state index in [2.05, 4.69) is 29.4 Å². The maximum absolute atomic E-state index is 9.18. The predicted octanol–water partition coefficient (Wildman–Crippen LogP) is 2.59. The van der Waals surface area contributed by atoms with Gasteiger partial charge in [0.05, 0.1) is 5.69 Å². The van der Waals surface area contributed by atoms with E-state index in [1.807, 2.05) is 6.07 Å². The van der Waals surface area contributed by atoms with Gasteiger partial charge in [-0.3, -0.25) is 0 Å². The van der Waals surface area contributed by atoms with Crippen molar-refractivity contribution in [3.05, 3.63) is 11.8 Å². The van der Waals surface area contributed by atoms with E-state index in [9.17, 15) is 5.26 Å². The Morgan fingerprint density at radius 1 is 1.44 bits per heavy atom. The average Bonchev–Trinajstić information content (AvgIpc) is 2.68. The Hall–Kier alpha value is -1.63. The summed E-state index contributed by atoms with van der Waals surface area (Å²) in [6.07, 6.45) is 3.43. The lowest BCUT2D eigenvalue weighted by molar-refractivity contribution is 0.433. The standard InChI is InChI=1S/C14H22N4/c1-3-6-18-12(10-15)9-13(16)14(18)17-7-4-11(2)5-8-17/h9,11H,3-8,16H2,1-2H3. The minimum absolute atomic E-state index is 0.683. The van der Waals surface area contributed by atoms with Gasteiger partial charge in [0.25, 0.3) is 0 Å². The van der Waals surface area contributed by atoms with E-state index in [-0.39, 0.29) is 0 Å². The van der Waals surface area contributed by atoms with Crippen LogP contribution in [0.2, 0.25) is 0 Å². The topological polar surface area (TPSA) is 58.0 Å². The molecule has 1 saturated heterocycles. The maximum Gasteiger partial charge on any atom is 0.133 e. The van der Waals surface area contributed by atoms with Gasteiger partial charge in [-0.25, -0.2) is 0 Å². The van der Waals surface area contributed by atoms with Crippen molar-refractivity contribution in [3.63, 3.8) is 0 Å². The molecule has 1 aliphatic heterocycles. The molecule has 0 aliphatic carbocycles. The molecule has 0 unspecified atom stereocenters. The fraction of sp³-hybridized carbons (Fsp3) is 0.643. The summed E-state index contributed by atoms with van der Waals surface area (Å²) >= 11 is 0. The summed E-state index contributed by atoms with van der Waals surface area (Å²) in [6.45, 7) is 7.38. The van der Waals surface area contributed by atoms with E-state index < -0.39 is 0 Å². The van der Waals surface area contributed by atoms with Gasteiger partial charge in [0.15, 0.2) is 0 Å². The Labute approximate surface area is 109 Å². The monoisotopic (exact) mass is 246 g/mol. The van der Waals surface area contributed by atoms with E-state index in [1.54, 1.807) is 0 Å². The highest BCUT2D eigenvalue weighted by atomic mass is 15.3. The number of rotatable bonds is 3. The first-order valence-corrected chi connectivity index (χ1v) is 6.81. The largest absolute Gasteiger partial charge is 0.396 e. The Morgan fingerprint density at radius 2 is 2.11 bits per heavy atom. The summed E-state index contributed by atoms with van der Waals surface area (Å²) in [7, 11) is 0. The third-order valence-electron chi connectivity index (χ3n) is 3.74. The number of hydrogen-bond acceptors (Lipinski definition) is 3. The van der Waals surface area contributed by atoms with Crippen LogP contribution in [0.25, 0.3) is 0 Å². The molecule has 1 fully saturated rings. The number of hydrogen-bond donors (Lipinski definition) is 1. The Bertz CT molecular complexity index is 447. The van der Waals surface area contributed by atoms with Gasteiger partial charge in [0.2, 0.25) is 0 Å². The summed E-state index contributed by atoms with van der Waals surface area (Å²) in [4.78, 5) is 2.34. The molecule has 0 bridgehead atoms. The van der Waals surface area contributed by atoms with E-state index in [4.69, 9.17) is 5.73 Å². The van der Waals surface area contributed by atoms with Crippen LogP contribution in [0.1, 0.15) is 38.8 Å². The molecule has 0 aromatic carbocycles. The van der Waals surface area contributed by atoms with Crippen LogP contribution in [0, 0.1) is 17.2 Å². The average molecular weight is 246 g/mol. The summed E-state index contributed by atoms with van der Waals surface area (Å²) in [5.74, 6) is 1.85. The second-order valence-corrected chi connectivity index (χ2v) is 5.24. The first-order chi connectivity index (χ1) is 8.67. The van der Waals surface area contributed by atoms with Gasteiger partial charge >= 0.3 is 0 Å². The van der Waals surface area contributed by atoms with Gasteiger partial charge in [-0.15, -0.1) is 0 Å². The van der Waals surface area contributed by atoms with Gasteiger partial charge in [-0.05, 0) is 31.2 Å². The molecular weight excluding hydrogens is 224 g/mol. The third-order valence-corrected chi connectivity index (χ3v) is 3.74. The van der Waals surface area contributed by atoms with Crippen molar-refractivity contribution in [1.82, 2.24) is 4.57 Å². The smallest absolute Gasteiger partial charge is 0.133 e. The molecule has 2 heterocycles. The predicted molar refractivity (Wildman–Crippen MR) is 74.5 cm³/mol. The number of aromatic nitrogens is 1. The molecule has 18 heavy (non-hydrogen) atoms. The van der Waals surface area contributed by atoms with E-state index >= 15 is 0 Å². The molecule has 0 saturated carbocycles. The zero-order valence-electron chi connectivity index (χ0n) is 11.3. The van der Waals surface area contributed by atoms with Crippen molar-refractivity contribution in [1.29, 1.82) is 5.26 Å². The van der Waals surface area contributed by atoms with Crippen LogP contribution in [0.15, 0.2) is 6.07 Å². The van der Waals surface area contributed by atoms with Gasteiger partial charge in [-0.1, -0.05) is 13.8 Å².